The summed E-state index contributed by atoms with van der Waals surface area (Å²) in [5.41, 5.74) is 0.164. The van der Waals surface area contributed by atoms with E-state index in [-0.39, 0.29) is 21.9 Å². The minimum atomic E-state index is -3.87. The van der Waals surface area contributed by atoms with Crippen molar-refractivity contribution in [1.82, 2.24) is 0 Å². The van der Waals surface area contributed by atoms with Crippen LogP contribution in [-0.2, 0) is 16.3 Å². The highest BCUT2D eigenvalue weighted by molar-refractivity contribution is 7.91. The summed E-state index contributed by atoms with van der Waals surface area (Å²) < 4.78 is 55.0. The molecule has 0 N–H and O–H groups in total. The number of fused-ring (bicyclic) bond motifs is 1. The molecule has 24 heavy (non-hydrogen) atoms. The van der Waals surface area contributed by atoms with Gasteiger partial charge in [0.25, 0.3) is 0 Å². The molecule has 0 fully saturated rings. The van der Waals surface area contributed by atoms with Crippen LogP contribution < -0.4 is 0 Å². The molecule has 1 aliphatic rings. The van der Waals surface area contributed by atoms with Gasteiger partial charge in [0, 0.05) is 10.6 Å². The third-order valence-corrected chi connectivity index (χ3v) is 7.16. The zero-order valence-corrected chi connectivity index (χ0v) is 14.7. The Labute approximate surface area is 145 Å². The van der Waals surface area contributed by atoms with Crippen LogP contribution in [0.2, 0.25) is 5.02 Å². The van der Waals surface area contributed by atoms with E-state index >= 15 is 0 Å². The topological polar surface area (TPSA) is 34.1 Å². The molecule has 0 saturated carbocycles. The molecular formula is C18H17ClF2O2S. The van der Waals surface area contributed by atoms with Crippen LogP contribution in [0.3, 0.4) is 0 Å². The smallest absolute Gasteiger partial charge is 0.185 e. The number of benzene rings is 2. The molecule has 0 bridgehead atoms. The Balaban J connectivity index is 2.23. The predicted octanol–water partition coefficient (Wildman–Crippen LogP) is 5.11. The van der Waals surface area contributed by atoms with Crippen molar-refractivity contribution in [2.45, 2.75) is 36.3 Å². The van der Waals surface area contributed by atoms with Gasteiger partial charge in [-0.3, -0.25) is 0 Å². The fraction of sp³-hybridized carbons (Fsp3) is 0.333. The molecule has 0 saturated heterocycles. The van der Waals surface area contributed by atoms with Gasteiger partial charge in [-0.15, -0.1) is 0 Å². The quantitative estimate of drug-likeness (QED) is 0.689. The molecule has 3 rings (SSSR count). The summed E-state index contributed by atoms with van der Waals surface area (Å²) in [6, 6.07) is 7.86. The number of hydrogen-bond acceptors (Lipinski definition) is 2. The van der Waals surface area contributed by atoms with Crippen molar-refractivity contribution >= 4 is 21.4 Å². The van der Waals surface area contributed by atoms with Crippen molar-refractivity contribution in [3.8, 4) is 0 Å². The maximum absolute atomic E-state index is 14.5. The average molecular weight is 371 g/mol. The molecule has 0 aromatic heterocycles. The van der Waals surface area contributed by atoms with E-state index in [2.05, 4.69) is 0 Å². The van der Waals surface area contributed by atoms with Crippen molar-refractivity contribution in [1.29, 1.82) is 0 Å². The maximum Gasteiger partial charge on any atom is 0.185 e. The van der Waals surface area contributed by atoms with Crippen LogP contribution >= 0.6 is 11.6 Å². The average Bonchev–Trinajstić information content (AvgIpc) is 2.71. The van der Waals surface area contributed by atoms with Gasteiger partial charge in [0.2, 0.25) is 0 Å². The molecule has 0 heterocycles. The maximum atomic E-state index is 14.5. The molecule has 0 spiro atoms. The predicted molar refractivity (Wildman–Crippen MR) is 89.8 cm³/mol. The Kier molecular flexibility index (Phi) is 4.67. The first kappa shape index (κ1) is 17.4. The zero-order valence-electron chi connectivity index (χ0n) is 13.1. The second kappa shape index (κ2) is 6.45. The monoisotopic (exact) mass is 370 g/mol. The summed E-state index contributed by atoms with van der Waals surface area (Å²) in [6.07, 6.45) is 1.56. The number of rotatable bonds is 2. The molecule has 2 aromatic rings. The fourth-order valence-electron chi connectivity index (χ4n) is 3.44. The van der Waals surface area contributed by atoms with Crippen molar-refractivity contribution in [2.24, 2.45) is 5.92 Å². The van der Waals surface area contributed by atoms with Crippen LogP contribution in [0.25, 0.3) is 0 Å². The Morgan fingerprint density at radius 3 is 2.33 bits per heavy atom. The lowest BCUT2D eigenvalue weighted by Gasteiger charge is -2.24. The molecule has 6 heteroatoms. The first-order valence-corrected chi connectivity index (χ1v) is 9.71. The Morgan fingerprint density at radius 2 is 1.67 bits per heavy atom. The first-order chi connectivity index (χ1) is 11.3. The van der Waals surface area contributed by atoms with E-state index in [9.17, 15) is 17.2 Å². The van der Waals surface area contributed by atoms with Crippen molar-refractivity contribution < 1.29 is 17.2 Å². The number of halogens is 3. The summed E-state index contributed by atoms with van der Waals surface area (Å²) in [6.45, 7) is 1.78. The molecule has 2 nitrogen and oxygen atoms in total. The second-order valence-electron chi connectivity index (χ2n) is 6.21. The third kappa shape index (κ3) is 2.95. The first-order valence-electron chi connectivity index (χ1n) is 7.78. The standard InChI is InChI=1S/C18H17ClF2O2S/c1-11-3-2-4-14-15(20)9-10-16(21)17(14)18(11)24(22,23)13-7-5-12(19)6-8-13/h5-11,18H,2-4H2,1H3/t11-,18+/m0/s1. The van der Waals surface area contributed by atoms with E-state index < -0.39 is 26.7 Å². The Hall–Kier alpha value is -1.46. The highest BCUT2D eigenvalue weighted by Crippen LogP contribution is 2.43. The molecule has 128 valence electrons. The zero-order chi connectivity index (χ0) is 17.5. The molecular weight excluding hydrogens is 354 g/mol. The molecule has 0 amide bonds. The summed E-state index contributed by atoms with van der Waals surface area (Å²) in [7, 11) is -3.87. The lowest BCUT2D eigenvalue weighted by molar-refractivity contribution is 0.474. The van der Waals surface area contributed by atoms with Gasteiger partial charge in [-0.05, 0) is 67.1 Å². The Morgan fingerprint density at radius 1 is 1.04 bits per heavy atom. The van der Waals surface area contributed by atoms with E-state index in [1.54, 1.807) is 6.92 Å². The van der Waals surface area contributed by atoms with Crippen molar-refractivity contribution in [3.05, 3.63) is 64.2 Å². The van der Waals surface area contributed by atoms with E-state index in [4.69, 9.17) is 11.6 Å². The van der Waals surface area contributed by atoms with Gasteiger partial charge in [0.1, 0.15) is 11.6 Å². The lowest BCUT2D eigenvalue weighted by atomic mass is 9.97. The van der Waals surface area contributed by atoms with Gasteiger partial charge in [-0.2, -0.15) is 0 Å². The molecule has 1 aliphatic carbocycles. The van der Waals surface area contributed by atoms with Crippen molar-refractivity contribution in [3.63, 3.8) is 0 Å². The van der Waals surface area contributed by atoms with Gasteiger partial charge in [0.15, 0.2) is 9.84 Å². The molecule has 0 radical (unpaired) electrons. The number of sulfone groups is 1. The van der Waals surface area contributed by atoms with Gasteiger partial charge in [0.05, 0.1) is 10.1 Å². The molecule has 2 aromatic carbocycles. The van der Waals surface area contributed by atoms with Crippen LogP contribution in [0.5, 0.6) is 0 Å². The van der Waals surface area contributed by atoms with Crippen LogP contribution in [0.4, 0.5) is 8.78 Å². The molecule has 0 aliphatic heterocycles. The molecule has 2 atom stereocenters. The summed E-state index contributed by atoms with van der Waals surface area (Å²) in [4.78, 5) is 0.0697. The highest BCUT2D eigenvalue weighted by atomic mass is 35.5. The number of hydrogen-bond donors (Lipinski definition) is 0. The van der Waals surface area contributed by atoms with Crippen LogP contribution in [0.15, 0.2) is 41.3 Å². The minimum Gasteiger partial charge on any atom is -0.223 e. The largest absolute Gasteiger partial charge is 0.223 e. The SMILES string of the molecule is C[C@H]1CCCc2c(F)ccc(F)c2[C@@H]1S(=O)(=O)c1ccc(Cl)cc1. The van der Waals surface area contributed by atoms with Crippen molar-refractivity contribution in [2.75, 3.05) is 0 Å². The summed E-state index contributed by atoms with van der Waals surface area (Å²) in [5, 5.41) is -0.688. The summed E-state index contributed by atoms with van der Waals surface area (Å²) in [5.74, 6) is -1.53. The van der Waals surface area contributed by atoms with E-state index in [1.165, 1.54) is 24.3 Å². The van der Waals surface area contributed by atoms with Gasteiger partial charge >= 0.3 is 0 Å². The van der Waals surface area contributed by atoms with Gasteiger partial charge in [-0.25, -0.2) is 17.2 Å². The second-order valence-corrected chi connectivity index (χ2v) is 8.72. The van der Waals surface area contributed by atoms with Crippen LogP contribution in [-0.4, -0.2) is 8.42 Å². The third-order valence-electron chi connectivity index (χ3n) is 4.61. The van der Waals surface area contributed by atoms with E-state index in [1.807, 2.05) is 0 Å². The van der Waals surface area contributed by atoms with Gasteiger partial charge < -0.3 is 0 Å². The summed E-state index contributed by atoms with van der Waals surface area (Å²) >= 11 is 5.82. The van der Waals surface area contributed by atoms with Crippen LogP contribution in [0.1, 0.15) is 36.1 Å². The normalized spacial score (nSPS) is 21.2. The highest BCUT2D eigenvalue weighted by Gasteiger charge is 2.39. The van der Waals surface area contributed by atoms with E-state index in [0.29, 0.717) is 24.3 Å². The fourth-order valence-corrected chi connectivity index (χ4v) is 5.69. The van der Waals surface area contributed by atoms with Crippen LogP contribution in [0, 0.1) is 17.6 Å². The van der Waals surface area contributed by atoms with Gasteiger partial charge in [-0.1, -0.05) is 18.5 Å². The lowest BCUT2D eigenvalue weighted by Crippen LogP contribution is -2.22. The molecule has 0 unspecified atom stereocenters. The Bertz CT molecular complexity index is 863. The van der Waals surface area contributed by atoms with E-state index in [0.717, 1.165) is 12.1 Å². The minimum absolute atomic E-state index is 0.0186.